The molecule has 0 bridgehead atoms. The number of para-hydroxylation sites is 1. The first-order chi connectivity index (χ1) is 11.2. The summed E-state index contributed by atoms with van der Waals surface area (Å²) >= 11 is 0. The molecule has 0 saturated heterocycles. The van der Waals surface area contributed by atoms with Crippen molar-refractivity contribution in [2.45, 2.75) is 19.8 Å². The average Bonchev–Trinajstić information content (AvgIpc) is 2.61. The maximum atomic E-state index is 12.8. The Balaban J connectivity index is 1.90. The Kier molecular flexibility index (Phi) is 4.37. The highest BCUT2D eigenvalue weighted by molar-refractivity contribution is 6.06. The van der Waals surface area contributed by atoms with Gasteiger partial charge in [0.25, 0.3) is 5.91 Å². The fourth-order valence-corrected chi connectivity index (χ4v) is 2.76. The molecule has 0 unspecified atom stereocenters. The van der Waals surface area contributed by atoms with Crippen LogP contribution in [0, 0.1) is 0 Å². The van der Waals surface area contributed by atoms with Gasteiger partial charge < -0.3 is 9.64 Å². The van der Waals surface area contributed by atoms with E-state index >= 15 is 0 Å². The minimum atomic E-state index is -0.513. The normalized spacial score (nSPS) is 13.3. The molecule has 118 valence electrons. The lowest BCUT2D eigenvalue weighted by Crippen LogP contribution is -2.36. The number of carbonyl (C=O) groups is 2. The summed E-state index contributed by atoms with van der Waals surface area (Å²) in [4.78, 5) is 30.5. The van der Waals surface area contributed by atoms with E-state index in [1.807, 2.05) is 24.3 Å². The van der Waals surface area contributed by atoms with Crippen LogP contribution in [-0.4, -0.2) is 30.0 Å². The number of aromatic nitrogens is 1. The van der Waals surface area contributed by atoms with Crippen molar-refractivity contribution in [3.63, 3.8) is 0 Å². The van der Waals surface area contributed by atoms with Crippen molar-refractivity contribution in [3.8, 4) is 0 Å². The van der Waals surface area contributed by atoms with Crippen LogP contribution in [0.3, 0.4) is 0 Å². The molecule has 0 atom stereocenters. The lowest BCUT2D eigenvalue weighted by molar-refractivity contribution is 0.0519. The van der Waals surface area contributed by atoms with Crippen molar-refractivity contribution >= 4 is 17.6 Å². The van der Waals surface area contributed by atoms with Crippen molar-refractivity contribution in [1.29, 1.82) is 0 Å². The molecule has 0 N–H and O–H groups in total. The van der Waals surface area contributed by atoms with E-state index in [-0.39, 0.29) is 23.9 Å². The molecule has 2 aromatic rings. The zero-order valence-electron chi connectivity index (χ0n) is 13.0. The van der Waals surface area contributed by atoms with Gasteiger partial charge in [-0.2, -0.15) is 0 Å². The van der Waals surface area contributed by atoms with Gasteiger partial charge in [-0.3, -0.25) is 4.79 Å². The van der Waals surface area contributed by atoms with Crippen LogP contribution in [-0.2, 0) is 11.2 Å². The number of fused-ring (bicyclic) bond motifs is 1. The lowest BCUT2D eigenvalue weighted by atomic mass is 10.0. The number of hydrogen-bond acceptors (Lipinski definition) is 4. The molecule has 1 aromatic carbocycles. The number of rotatable bonds is 3. The Morgan fingerprint density at radius 2 is 1.91 bits per heavy atom. The Morgan fingerprint density at radius 1 is 1.13 bits per heavy atom. The lowest BCUT2D eigenvalue weighted by Gasteiger charge is -2.29. The summed E-state index contributed by atoms with van der Waals surface area (Å²) in [5.41, 5.74) is 2.50. The molecule has 5 nitrogen and oxygen atoms in total. The van der Waals surface area contributed by atoms with Gasteiger partial charge >= 0.3 is 5.97 Å². The van der Waals surface area contributed by atoms with Crippen molar-refractivity contribution in [3.05, 3.63) is 59.4 Å². The number of amides is 1. The Labute approximate surface area is 134 Å². The van der Waals surface area contributed by atoms with Crippen LogP contribution in [0.2, 0.25) is 0 Å². The van der Waals surface area contributed by atoms with Gasteiger partial charge in [-0.25, -0.2) is 9.78 Å². The maximum absolute atomic E-state index is 12.8. The van der Waals surface area contributed by atoms with E-state index in [0.717, 1.165) is 24.1 Å². The van der Waals surface area contributed by atoms with Crippen LogP contribution in [0.25, 0.3) is 0 Å². The van der Waals surface area contributed by atoms with Gasteiger partial charge in [0.1, 0.15) is 11.4 Å². The number of hydrogen-bond donors (Lipinski definition) is 0. The second kappa shape index (κ2) is 6.60. The summed E-state index contributed by atoms with van der Waals surface area (Å²) in [6, 6.07) is 12.7. The van der Waals surface area contributed by atoms with E-state index in [9.17, 15) is 9.59 Å². The van der Waals surface area contributed by atoms with E-state index in [0.29, 0.717) is 6.54 Å². The van der Waals surface area contributed by atoms with Crippen molar-refractivity contribution in [2.75, 3.05) is 18.1 Å². The molecular weight excluding hydrogens is 292 g/mol. The molecule has 0 radical (unpaired) electrons. The summed E-state index contributed by atoms with van der Waals surface area (Å²) in [6.07, 6.45) is 1.89. The summed E-state index contributed by atoms with van der Waals surface area (Å²) < 4.78 is 4.94. The molecule has 5 heteroatoms. The van der Waals surface area contributed by atoms with Crippen LogP contribution in [0.4, 0.5) is 5.69 Å². The molecule has 1 aliphatic heterocycles. The van der Waals surface area contributed by atoms with Crippen LogP contribution in [0.1, 0.15) is 39.9 Å². The van der Waals surface area contributed by atoms with E-state index in [1.54, 1.807) is 30.0 Å². The van der Waals surface area contributed by atoms with E-state index in [2.05, 4.69) is 4.98 Å². The number of pyridine rings is 1. The molecular formula is C18H18N2O3. The molecule has 1 aromatic heterocycles. The van der Waals surface area contributed by atoms with Crippen LogP contribution < -0.4 is 4.90 Å². The molecule has 0 spiro atoms. The smallest absolute Gasteiger partial charge is 0.356 e. The first-order valence-electron chi connectivity index (χ1n) is 7.74. The van der Waals surface area contributed by atoms with Crippen molar-refractivity contribution in [2.24, 2.45) is 0 Å². The van der Waals surface area contributed by atoms with Gasteiger partial charge in [0, 0.05) is 12.2 Å². The number of ether oxygens (including phenoxy) is 1. The second-order valence-electron chi connectivity index (χ2n) is 5.32. The zero-order valence-corrected chi connectivity index (χ0v) is 13.0. The summed E-state index contributed by atoms with van der Waals surface area (Å²) in [6.45, 7) is 2.66. The van der Waals surface area contributed by atoms with E-state index < -0.39 is 5.97 Å². The SMILES string of the molecule is CCOC(=O)c1cccc(C(=O)N2CCCc3ccccc32)n1. The molecule has 0 saturated carbocycles. The number of carbonyl (C=O) groups excluding carboxylic acids is 2. The average molecular weight is 310 g/mol. The van der Waals surface area contributed by atoms with Gasteiger partial charge in [0.05, 0.1) is 6.61 Å². The standard InChI is InChI=1S/C18H18N2O3/c1-2-23-18(22)15-10-5-9-14(19-15)17(21)20-12-6-8-13-7-3-4-11-16(13)20/h3-5,7,9-11H,2,6,8,12H2,1H3. The molecule has 3 rings (SSSR count). The van der Waals surface area contributed by atoms with Gasteiger partial charge in [-0.05, 0) is 43.5 Å². The molecule has 0 aliphatic carbocycles. The molecule has 1 amide bonds. The topological polar surface area (TPSA) is 59.5 Å². The molecule has 23 heavy (non-hydrogen) atoms. The quantitative estimate of drug-likeness (QED) is 0.818. The Morgan fingerprint density at radius 3 is 2.74 bits per heavy atom. The second-order valence-corrected chi connectivity index (χ2v) is 5.32. The third kappa shape index (κ3) is 3.08. The number of aryl methyl sites for hydroxylation is 1. The summed E-state index contributed by atoms with van der Waals surface area (Å²) in [7, 11) is 0. The summed E-state index contributed by atoms with van der Waals surface area (Å²) in [5, 5.41) is 0. The van der Waals surface area contributed by atoms with E-state index in [1.165, 1.54) is 0 Å². The third-order valence-electron chi connectivity index (χ3n) is 3.81. The first kappa shape index (κ1) is 15.2. The molecule has 0 fully saturated rings. The maximum Gasteiger partial charge on any atom is 0.356 e. The number of anilines is 1. The third-order valence-corrected chi connectivity index (χ3v) is 3.81. The number of esters is 1. The Hall–Kier alpha value is -2.69. The predicted molar refractivity (Wildman–Crippen MR) is 86.6 cm³/mol. The highest BCUT2D eigenvalue weighted by atomic mass is 16.5. The molecule has 2 heterocycles. The predicted octanol–water partition coefficient (Wildman–Crippen LogP) is 2.85. The van der Waals surface area contributed by atoms with Crippen molar-refractivity contribution < 1.29 is 14.3 Å². The van der Waals surface area contributed by atoms with Crippen LogP contribution in [0.5, 0.6) is 0 Å². The Bertz CT molecular complexity index is 743. The van der Waals surface area contributed by atoms with Crippen molar-refractivity contribution in [1.82, 2.24) is 4.98 Å². The monoisotopic (exact) mass is 310 g/mol. The molecule has 1 aliphatic rings. The fraction of sp³-hybridized carbons (Fsp3) is 0.278. The van der Waals surface area contributed by atoms with Gasteiger partial charge in [0.2, 0.25) is 0 Å². The highest BCUT2D eigenvalue weighted by Gasteiger charge is 2.24. The van der Waals surface area contributed by atoms with Gasteiger partial charge in [-0.1, -0.05) is 24.3 Å². The van der Waals surface area contributed by atoms with Gasteiger partial charge in [0.15, 0.2) is 0 Å². The number of benzene rings is 1. The fourth-order valence-electron chi connectivity index (χ4n) is 2.76. The van der Waals surface area contributed by atoms with Crippen LogP contribution in [0.15, 0.2) is 42.5 Å². The zero-order chi connectivity index (χ0) is 16.2. The van der Waals surface area contributed by atoms with E-state index in [4.69, 9.17) is 4.74 Å². The van der Waals surface area contributed by atoms with Crippen LogP contribution >= 0.6 is 0 Å². The first-order valence-corrected chi connectivity index (χ1v) is 7.74. The number of nitrogens with zero attached hydrogens (tertiary/aromatic N) is 2. The highest BCUT2D eigenvalue weighted by Crippen LogP contribution is 2.27. The minimum absolute atomic E-state index is 0.156. The largest absolute Gasteiger partial charge is 0.461 e. The van der Waals surface area contributed by atoms with Gasteiger partial charge in [-0.15, -0.1) is 0 Å². The minimum Gasteiger partial charge on any atom is -0.461 e. The summed E-state index contributed by atoms with van der Waals surface area (Å²) in [5.74, 6) is -0.704.